The van der Waals surface area contributed by atoms with Crippen LogP contribution in [-0.2, 0) is 0 Å². The van der Waals surface area contributed by atoms with Gasteiger partial charge in [-0.15, -0.1) is 5.10 Å². The lowest BCUT2D eigenvalue weighted by Crippen LogP contribution is -2.12. The maximum atomic E-state index is 12.2. The average molecular weight is 339 g/mol. The van der Waals surface area contributed by atoms with Crippen LogP contribution in [0.1, 0.15) is 10.4 Å². The highest BCUT2D eigenvalue weighted by atomic mass is 35.5. The molecule has 118 valence electrons. The summed E-state index contributed by atoms with van der Waals surface area (Å²) in [5.74, 6) is -0.0900. The molecule has 4 rings (SSSR count). The lowest BCUT2D eigenvalue weighted by Gasteiger charge is -2.00. The van der Waals surface area contributed by atoms with Crippen molar-refractivity contribution in [2.75, 3.05) is 5.32 Å². The van der Waals surface area contributed by atoms with Gasteiger partial charge in [0, 0.05) is 22.3 Å². The third-order valence-corrected chi connectivity index (χ3v) is 3.74. The molecule has 0 aliphatic heterocycles. The number of amides is 1. The van der Waals surface area contributed by atoms with E-state index in [1.54, 1.807) is 47.5 Å². The Morgan fingerprint density at radius 1 is 1.17 bits per heavy atom. The molecule has 1 amide bonds. The molecule has 0 bridgehead atoms. The number of furan rings is 1. The van der Waals surface area contributed by atoms with Crippen molar-refractivity contribution in [2.24, 2.45) is 0 Å². The molecule has 4 aromatic rings. The highest BCUT2D eigenvalue weighted by Crippen LogP contribution is 2.21. The van der Waals surface area contributed by atoms with E-state index in [9.17, 15) is 4.79 Å². The minimum atomic E-state index is -0.316. The number of carbonyl (C=O) groups excluding carboxylic acids is 1. The summed E-state index contributed by atoms with van der Waals surface area (Å²) in [7, 11) is 0. The number of anilines is 1. The highest BCUT2D eigenvalue weighted by Gasteiger charge is 2.11. The van der Waals surface area contributed by atoms with E-state index >= 15 is 0 Å². The van der Waals surface area contributed by atoms with E-state index in [1.807, 2.05) is 18.2 Å². The van der Waals surface area contributed by atoms with Crippen LogP contribution < -0.4 is 5.32 Å². The van der Waals surface area contributed by atoms with Gasteiger partial charge in [0.25, 0.3) is 5.91 Å². The monoisotopic (exact) mass is 338 g/mol. The minimum absolute atomic E-state index is 0.226. The van der Waals surface area contributed by atoms with Crippen molar-refractivity contribution in [3.05, 3.63) is 71.8 Å². The van der Waals surface area contributed by atoms with Gasteiger partial charge in [-0.3, -0.25) is 10.1 Å². The maximum absolute atomic E-state index is 12.2. The Labute approximate surface area is 141 Å². The molecule has 0 saturated carbocycles. The van der Waals surface area contributed by atoms with Gasteiger partial charge < -0.3 is 4.42 Å². The van der Waals surface area contributed by atoms with Crippen molar-refractivity contribution < 1.29 is 9.21 Å². The van der Waals surface area contributed by atoms with E-state index in [4.69, 9.17) is 16.0 Å². The Morgan fingerprint density at radius 2 is 2.08 bits per heavy atom. The van der Waals surface area contributed by atoms with Gasteiger partial charge in [-0.25, -0.2) is 4.52 Å². The van der Waals surface area contributed by atoms with Crippen LogP contribution in [0.25, 0.3) is 16.8 Å². The molecule has 3 aromatic heterocycles. The second-order valence-electron chi connectivity index (χ2n) is 5.13. The van der Waals surface area contributed by atoms with Gasteiger partial charge >= 0.3 is 0 Å². The zero-order valence-electron chi connectivity index (χ0n) is 12.3. The van der Waals surface area contributed by atoms with E-state index < -0.39 is 0 Å². The molecule has 1 N–H and O–H groups in total. The fourth-order valence-electron chi connectivity index (χ4n) is 2.35. The van der Waals surface area contributed by atoms with Crippen molar-refractivity contribution in [3.63, 3.8) is 0 Å². The Balaban J connectivity index is 1.62. The van der Waals surface area contributed by atoms with Crippen molar-refractivity contribution >= 4 is 29.1 Å². The third-order valence-electron chi connectivity index (χ3n) is 3.50. The predicted molar refractivity (Wildman–Crippen MR) is 90.1 cm³/mol. The first-order chi connectivity index (χ1) is 11.7. The molecule has 7 heteroatoms. The Kier molecular flexibility index (Phi) is 3.51. The molecule has 0 unspecified atom stereocenters. The zero-order chi connectivity index (χ0) is 16.5. The number of aromatic nitrogens is 3. The lowest BCUT2D eigenvalue weighted by molar-refractivity contribution is 0.102. The van der Waals surface area contributed by atoms with Gasteiger partial charge in [0.1, 0.15) is 0 Å². The lowest BCUT2D eigenvalue weighted by atomic mass is 10.1. The maximum Gasteiger partial charge on any atom is 0.258 e. The first kappa shape index (κ1) is 14.5. The largest absolute Gasteiger partial charge is 0.472 e. The molecular formula is C17H11ClN4O2. The van der Waals surface area contributed by atoms with Crippen LogP contribution >= 0.6 is 11.6 Å². The fraction of sp³-hybridized carbons (Fsp3) is 0. The Bertz CT molecular complexity index is 1020. The number of carbonyl (C=O) groups is 1. The number of halogens is 1. The minimum Gasteiger partial charge on any atom is -0.472 e. The summed E-state index contributed by atoms with van der Waals surface area (Å²) in [5, 5.41) is 7.41. The first-order valence-electron chi connectivity index (χ1n) is 7.15. The number of hydrogen-bond donors (Lipinski definition) is 1. The summed E-state index contributed by atoms with van der Waals surface area (Å²) in [6.07, 6.45) is 5.05. The number of rotatable bonds is 3. The second kappa shape index (κ2) is 5.82. The van der Waals surface area contributed by atoms with Crippen molar-refractivity contribution in [1.29, 1.82) is 0 Å². The van der Waals surface area contributed by atoms with Crippen LogP contribution in [0.5, 0.6) is 0 Å². The normalized spacial score (nSPS) is 10.9. The van der Waals surface area contributed by atoms with Crippen LogP contribution in [-0.4, -0.2) is 20.5 Å². The Morgan fingerprint density at radius 3 is 2.88 bits per heavy atom. The van der Waals surface area contributed by atoms with Gasteiger partial charge in [-0.05, 0) is 42.0 Å². The van der Waals surface area contributed by atoms with Crippen LogP contribution in [0, 0.1) is 0 Å². The molecule has 6 nitrogen and oxygen atoms in total. The second-order valence-corrected chi connectivity index (χ2v) is 5.57. The number of hydrogen-bond acceptors (Lipinski definition) is 4. The average Bonchev–Trinajstić information content (AvgIpc) is 3.23. The van der Waals surface area contributed by atoms with Gasteiger partial charge in [0.15, 0.2) is 5.65 Å². The van der Waals surface area contributed by atoms with E-state index in [0.29, 0.717) is 16.2 Å². The van der Waals surface area contributed by atoms with Crippen molar-refractivity contribution in [3.8, 4) is 11.1 Å². The SMILES string of the molecule is O=C(Nc1nc2cc(-c3ccoc3)ccn2n1)c1cccc(Cl)c1. The zero-order valence-corrected chi connectivity index (χ0v) is 13.1. The molecule has 3 heterocycles. The van der Waals surface area contributed by atoms with Gasteiger partial charge in [0.2, 0.25) is 5.95 Å². The first-order valence-corrected chi connectivity index (χ1v) is 7.53. The Hall–Kier alpha value is -3.12. The quantitative estimate of drug-likeness (QED) is 0.615. The molecule has 0 aliphatic carbocycles. The summed E-state index contributed by atoms with van der Waals surface area (Å²) in [6, 6.07) is 12.3. The van der Waals surface area contributed by atoms with Crippen molar-refractivity contribution in [1.82, 2.24) is 14.6 Å². The van der Waals surface area contributed by atoms with Crippen LogP contribution in [0.4, 0.5) is 5.95 Å². The molecule has 1 aromatic carbocycles. The summed E-state index contributed by atoms with van der Waals surface area (Å²) >= 11 is 5.90. The van der Waals surface area contributed by atoms with Gasteiger partial charge in [-0.1, -0.05) is 17.7 Å². The highest BCUT2D eigenvalue weighted by molar-refractivity contribution is 6.31. The third kappa shape index (κ3) is 2.75. The number of nitrogens with one attached hydrogen (secondary N) is 1. The molecule has 0 radical (unpaired) electrons. The van der Waals surface area contributed by atoms with Crippen LogP contribution in [0.2, 0.25) is 5.02 Å². The molecule has 0 spiro atoms. The fourth-order valence-corrected chi connectivity index (χ4v) is 2.54. The smallest absolute Gasteiger partial charge is 0.258 e. The summed E-state index contributed by atoms with van der Waals surface area (Å²) in [4.78, 5) is 16.6. The molecule has 0 saturated heterocycles. The van der Waals surface area contributed by atoms with E-state index in [2.05, 4.69) is 15.4 Å². The standard InChI is InChI=1S/C17H11ClN4O2/c18-14-3-1-2-12(8-14)16(23)20-17-19-15-9-11(4-6-22(15)21-17)13-5-7-24-10-13/h1-10H,(H,20,21,23). The summed E-state index contributed by atoms with van der Waals surface area (Å²) in [5.41, 5.74) is 2.97. The van der Waals surface area contributed by atoms with E-state index in [1.165, 1.54) is 0 Å². The topological polar surface area (TPSA) is 72.4 Å². The summed E-state index contributed by atoms with van der Waals surface area (Å²) in [6.45, 7) is 0. The molecule has 0 atom stereocenters. The van der Waals surface area contributed by atoms with Crippen molar-refractivity contribution in [2.45, 2.75) is 0 Å². The van der Waals surface area contributed by atoms with E-state index in [0.717, 1.165) is 11.1 Å². The van der Waals surface area contributed by atoms with Crippen LogP contribution in [0.15, 0.2) is 65.6 Å². The number of pyridine rings is 1. The number of fused-ring (bicyclic) bond motifs is 1. The molecule has 24 heavy (non-hydrogen) atoms. The summed E-state index contributed by atoms with van der Waals surface area (Å²) < 4.78 is 6.68. The number of benzene rings is 1. The van der Waals surface area contributed by atoms with Crippen LogP contribution in [0.3, 0.4) is 0 Å². The van der Waals surface area contributed by atoms with E-state index in [-0.39, 0.29) is 11.9 Å². The molecular weight excluding hydrogens is 328 g/mol. The number of nitrogens with zero attached hydrogens (tertiary/aromatic N) is 3. The molecule has 0 aliphatic rings. The van der Waals surface area contributed by atoms with Gasteiger partial charge in [0.05, 0.1) is 12.5 Å². The predicted octanol–water partition coefficient (Wildman–Crippen LogP) is 3.90. The van der Waals surface area contributed by atoms with Gasteiger partial charge in [-0.2, -0.15) is 4.98 Å². The molecule has 0 fully saturated rings.